The Kier molecular flexibility index (Phi) is 6.02. The SMILES string of the molecule is Nc1nc(COC(=O)c2nn(-c3ccccc3)c(=O)c3ccccc23)nc(Nc2ccc(F)cc2)n1. The van der Waals surface area contributed by atoms with Crippen LogP contribution in [0.15, 0.2) is 83.7 Å². The first-order valence-electron chi connectivity index (χ1n) is 10.8. The molecule has 11 heteroatoms. The quantitative estimate of drug-likeness (QED) is 0.348. The summed E-state index contributed by atoms with van der Waals surface area (Å²) in [6.45, 7) is -0.329. The van der Waals surface area contributed by atoms with E-state index in [4.69, 9.17) is 10.5 Å². The number of para-hydroxylation sites is 1. The predicted molar refractivity (Wildman–Crippen MR) is 130 cm³/mol. The molecular weight excluding hydrogens is 465 g/mol. The number of fused-ring (bicyclic) bond motifs is 1. The number of rotatable bonds is 6. The molecule has 5 rings (SSSR count). The summed E-state index contributed by atoms with van der Waals surface area (Å²) in [6.07, 6.45) is 0. The van der Waals surface area contributed by atoms with E-state index in [9.17, 15) is 14.0 Å². The molecule has 0 aliphatic rings. The minimum atomic E-state index is -0.775. The largest absolute Gasteiger partial charge is 0.453 e. The number of anilines is 3. The maximum atomic E-state index is 13.1. The van der Waals surface area contributed by atoms with E-state index in [1.165, 1.54) is 24.3 Å². The average Bonchev–Trinajstić information content (AvgIpc) is 2.89. The highest BCUT2D eigenvalue weighted by Crippen LogP contribution is 2.18. The Balaban J connectivity index is 1.42. The molecule has 3 N–H and O–H groups in total. The van der Waals surface area contributed by atoms with Crippen molar-refractivity contribution in [1.29, 1.82) is 0 Å². The molecule has 5 aromatic rings. The summed E-state index contributed by atoms with van der Waals surface area (Å²) in [6, 6.07) is 21.0. The lowest BCUT2D eigenvalue weighted by Gasteiger charge is -2.11. The molecule has 0 saturated heterocycles. The number of carbonyl (C=O) groups excluding carboxylic acids is 1. The van der Waals surface area contributed by atoms with Crippen molar-refractivity contribution in [2.75, 3.05) is 11.1 Å². The van der Waals surface area contributed by atoms with Gasteiger partial charge in [-0.15, -0.1) is 0 Å². The first-order valence-corrected chi connectivity index (χ1v) is 10.8. The monoisotopic (exact) mass is 483 g/mol. The minimum absolute atomic E-state index is 0.0410. The summed E-state index contributed by atoms with van der Waals surface area (Å²) in [5.74, 6) is -1.07. The van der Waals surface area contributed by atoms with Crippen LogP contribution >= 0.6 is 0 Å². The van der Waals surface area contributed by atoms with Crippen molar-refractivity contribution in [1.82, 2.24) is 24.7 Å². The van der Waals surface area contributed by atoms with Gasteiger partial charge in [0.05, 0.1) is 11.1 Å². The molecule has 0 fully saturated rings. The molecule has 2 heterocycles. The molecule has 0 aliphatic carbocycles. The molecule has 10 nitrogen and oxygen atoms in total. The van der Waals surface area contributed by atoms with Gasteiger partial charge in [-0.3, -0.25) is 4.79 Å². The Bertz CT molecular complexity index is 1620. The fourth-order valence-corrected chi connectivity index (χ4v) is 3.50. The molecule has 0 radical (unpaired) electrons. The summed E-state index contributed by atoms with van der Waals surface area (Å²) >= 11 is 0. The van der Waals surface area contributed by atoms with Crippen molar-refractivity contribution >= 4 is 34.3 Å². The maximum Gasteiger partial charge on any atom is 0.359 e. The number of carbonyl (C=O) groups is 1. The van der Waals surface area contributed by atoms with Gasteiger partial charge in [-0.2, -0.15) is 24.7 Å². The van der Waals surface area contributed by atoms with Gasteiger partial charge in [-0.25, -0.2) is 9.18 Å². The Morgan fingerprint density at radius 3 is 2.36 bits per heavy atom. The zero-order valence-electron chi connectivity index (χ0n) is 18.6. The number of esters is 1. The Hall–Kier alpha value is -5.19. The number of benzene rings is 3. The summed E-state index contributed by atoms with van der Waals surface area (Å²) in [4.78, 5) is 38.3. The lowest BCUT2D eigenvalue weighted by atomic mass is 10.1. The molecule has 0 saturated carbocycles. The van der Waals surface area contributed by atoms with E-state index in [-0.39, 0.29) is 41.4 Å². The van der Waals surface area contributed by atoms with Crippen LogP contribution in [-0.2, 0) is 11.3 Å². The van der Waals surface area contributed by atoms with E-state index in [1.54, 1.807) is 48.5 Å². The summed E-state index contributed by atoms with van der Waals surface area (Å²) in [5, 5.41) is 7.85. The second kappa shape index (κ2) is 9.58. The zero-order valence-corrected chi connectivity index (χ0v) is 18.6. The standard InChI is InChI=1S/C25H18FN7O3/c26-15-10-12-16(13-11-15)28-25-30-20(29-24(27)31-25)14-36-23(35)21-18-8-4-5-9-19(18)22(34)33(32-21)17-6-2-1-3-7-17/h1-13H,14H2,(H3,27,28,29,30,31). The lowest BCUT2D eigenvalue weighted by molar-refractivity contribution is 0.0455. The Morgan fingerprint density at radius 1 is 0.917 bits per heavy atom. The van der Waals surface area contributed by atoms with Crippen molar-refractivity contribution in [2.45, 2.75) is 6.61 Å². The summed E-state index contributed by atoms with van der Waals surface area (Å²) < 4.78 is 19.7. The Labute approximate surface area is 203 Å². The van der Waals surface area contributed by atoms with Gasteiger partial charge in [0.2, 0.25) is 11.9 Å². The molecule has 2 aromatic heterocycles. The molecule has 0 bridgehead atoms. The summed E-state index contributed by atoms with van der Waals surface area (Å²) in [7, 11) is 0. The highest BCUT2D eigenvalue weighted by atomic mass is 19.1. The highest BCUT2D eigenvalue weighted by molar-refractivity contribution is 6.02. The lowest BCUT2D eigenvalue weighted by Crippen LogP contribution is -2.25. The van der Waals surface area contributed by atoms with E-state index >= 15 is 0 Å². The normalized spacial score (nSPS) is 10.8. The van der Waals surface area contributed by atoms with E-state index in [2.05, 4.69) is 25.4 Å². The van der Waals surface area contributed by atoms with Crippen molar-refractivity contribution in [3.05, 3.63) is 107 Å². The number of hydrogen-bond donors (Lipinski definition) is 2. The number of nitrogens with two attached hydrogens (primary N) is 1. The molecule has 0 spiro atoms. The summed E-state index contributed by atoms with van der Waals surface area (Å²) in [5.41, 5.74) is 6.41. The Morgan fingerprint density at radius 2 is 1.61 bits per heavy atom. The van der Waals surface area contributed by atoms with Gasteiger partial charge in [0.25, 0.3) is 5.56 Å². The van der Waals surface area contributed by atoms with Crippen LogP contribution < -0.4 is 16.6 Å². The second-order valence-corrected chi connectivity index (χ2v) is 7.59. The van der Waals surface area contributed by atoms with E-state index in [1.807, 2.05) is 6.07 Å². The third-order valence-corrected chi connectivity index (χ3v) is 5.13. The molecule has 0 unspecified atom stereocenters. The third-order valence-electron chi connectivity index (χ3n) is 5.13. The van der Waals surface area contributed by atoms with Crippen LogP contribution in [0.1, 0.15) is 16.3 Å². The number of nitrogen functional groups attached to an aromatic ring is 1. The van der Waals surface area contributed by atoms with Crippen molar-refractivity contribution in [3.8, 4) is 5.69 Å². The molecular formula is C25H18FN7O3. The van der Waals surface area contributed by atoms with Gasteiger partial charge in [-0.05, 0) is 42.5 Å². The minimum Gasteiger partial charge on any atom is -0.453 e. The number of hydrogen-bond acceptors (Lipinski definition) is 9. The number of ether oxygens (including phenoxy) is 1. The molecule has 36 heavy (non-hydrogen) atoms. The smallest absolute Gasteiger partial charge is 0.359 e. The molecule has 3 aromatic carbocycles. The second-order valence-electron chi connectivity index (χ2n) is 7.59. The van der Waals surface area contributed by atoms with Crippen LogP contribution in [0.3, 0.4) is 0 Å². The van der Waals surface area contributed by atoms with Gasteiger partial charge < -0.3 is 15.8 Å². The molecule has 0 amide bonds. The van der Waals surface area contributed by atoms with E-state index in [0.29, 0.717) is 22.1 Å². The van der Waals surface area contributed by atoms with Gasteiger partial charge in [-0.1, -0.05) is 36.4 Å². The third kappa shape index (κ3) is 4.71. The maximum absolute atomic E-state index is 13.1. The average molecular weight is 483 g/mol. The molecule has 0 aliphatic heterocycles. The van der Waals surface area contributed by atoms with Gasteiger partial charge in [0.1, 0.15) is 5.82 Å². The highest BCUT2D eigenvalue weighted by Gasteiger charge is 2.19. The van der Waals surface area contributed by atoms with Gasteiger partial charge >= 0.3 is 5.97 Å². The van der Waals surface area contributed by atoms with Crippen LogP contribution in [0.2, 0.25) is 0 Å². The van der Waals surface area contributed by atoms with E-state index < -0.39 is 5.97 Å². The molecule has 0 atom stereocenters. The van der Waals surface area contributed by atoms with Crippen LogP contribution in [0.25, 0.3) is 16.5 Å². The first-order chi connectivity index (χ1) is 17.5. The van der Waals surface area contributed by atoms with Crippen LogP contribution in [-0.4, -0.2) is 30.7 Å². The fraction of sp³-hybridized carbons (Fsp3) is 0.0400. The predicted octanol–water partition coefficient (Wildman–Crippen LogP) is 3.39. The first kappa shape index (κ1) is 22.6. The van der Waals surface area contributed by atoms with E-state index in [0.717, 1.165) is 4.68 Å². The van der Waals surface area contributed by atoms with Crippen LogP contribution in [0.5, 0.6) is 0 Å². The van der Waals surface area contributed by atoms with Crippen LogP contribution in [0, 0.1) is 5.82 Å². The van der Waals surface area contributed by atoms with Crippen molar-refractivity contribution in [2.24, 2.45) is 0 Å². The number of nitrogens with one attached hydrogen (secondary N) is 1. The zero-order chi connectivity index (χ0) is 25.1. The van der Waals surface area contributed by atoms with Crippen molar-refractivity contribution < 1.29 is 13.9 Å². The van der Waals surface area contributed by atoms with Crippen molar-refractivity contribution in [3.63, 3.8) is 0 Å². The topological polar surface area (TPSA) is 138 Å². The van der Waals surface area contributed by atoms with Gasteiger partial charge in [0.15, 0.2) is 18.1 Å². The number of halogens is 1. The molecule has 178 valence electrons. The van der Waals surface area contributed by atoms with Crippen LogP contribution in [0.4, 0.5) is 22.0 Å². The number of aromatic nitrogens is 5. The number of nitrogens with zero attached hydrogens (tertiary/aromatic N) is 5. The van der Waals surface area contributed by atoms with Gasteiger partial charge in [0, 0.05) is 11.1 Å². The fourth-order valence-electron chi connectivity index (χ4n) is 3.50.